The molecule has 0 aliphatic rings. The lowest BCUT2D eigenvalue weighted by molar-refractivity contribution is 0.0469. The van der Waals surface area contributed by atoms with Gasteiger partial charge in [-0.25, -0.2) is 9.18 Å². The van der Waals surface area contributed by atoms with Crippen LogP contribution in [0.1, 0.15) is 21.6 Å². The highest BCUT2D eigenvalue weighted by molar-refractivity contribution is 7.10. The predicted molar refractivity (Wildman–Crippen MR) is 71.9 cm³/mol. The maximum absolute atomic E-state index is 13.4. The monoisotopic (exact) mass is 280 g/mol. The molecule has 2 aromatic rings. The van der Waals surface area contributed by atoms with Gasteiger partial charge in [0.2, 0.25) is 0 Å². The zero-order chi connectivity index (χ0) is 13.8. The van der Waals surface area contributed by atoms with Crippen molar-refractivity contribution in [1.82, 2.24) is 4.37 Å². The molecule has 0 unspecified atom stereocenters. The number of halogens is 1. The quantitative estimate of drug-likeness (QED) is 0.875. The van der Waals surface area contributed by atoms with Crippen LogP contribution in [0.3, 0.4) is 0 Å². The van der Waals surface area contributed by atoms with Crippen LogP contribution in [-0.4, -0.2) is 17.4 Å². The van der Waals surface area contributed by atoms with Crippen molar-refractivity contribution < 1.29 is 13.9 Å². The van der Waals surface area contributed by atoms with E-state index in [9.17, 15) is 9.18 Å². The fourth-order valence-corrected chi connectivity index (χ4v) is 2.34. The lowest BCUT2D eigenvalue weighted by Gasteiger charge is -2.06. The van der Waals surface area contributed by atoms with E-state index in [-0.39, 0.29) is 12.4 Å². The molecule has 4 nitrogen and oxygen atoms in total. The van der Waals surface area contributed by atoms with E-state index in [1.54, 1.807) is 32.2 Å². The molecule has 0 saturated heterocycles. The Hall–Kier alpha value is -1.95. The van der Waals surface area contributed by atoms with Crippen LogP contribution < -0.4 is 5.32 Å². The van der Waals surface area contributed by atoms with E-state index < -0.39 is 5.97 Å². The Bertz CT molecular complexity index is 598. The summed E-state index contributed by atoms with van der Waals surface area (Å²) in [4.78, 5) is 12.0. The summed E-state index contributed by atoms with van der Waals surface area (Å²) in [7, 11) is 1.71. The van der Waals surface area contributed by atoms with Gasteiger partial charge in [0.1, 0.15) is 23.0 Å². The summed E-state index contributed by atoms with van der Waals surface area (Å²) < 4.78 is 22.6. The van der Waals surface area contributed by atoms with E-state index in [0.29, 0.717) is 21.8 Å². The van der Waals surface area contributed by atoms with Gasteiger partial charge in [0.25, 0.3) is 0 Å². The van der Waals surface area contributed by atoms with Gasteiger partial charge in [0, 0.05) is 12.6 Å². The second-order valence-corrected chi connectivity index (χ2v) is 4.66. The van der Waals surface area contributed by atoms with Crippen molar-refractivity contribution in [1.29, 1.82) is 0 Å². The van der Waals surface area contributed by atoms with E-state index in [4.69, 9.17) is 4.74 Å². The molecule has 0 atom stereocenters. The van der Waals surface area contributed by atoms with E-state index in [1.165, 1.54) is 17.6 Å². The number of benzene rings is 1. The third-order valence-electron chi connectivity index (χ3n) is 2.61. The van der Waals surface area contributed by atoms with Crippen LogP contribution in [0, 0.1) is 12.7 Å². The molecule has 0 saturated carbocycles. The van der Waals surface area contributed by atoms with Gasteiger partial charge in [0.05, 0.1) is 5.69 Å². The van der Waals surface area contributed by atoms with Crippen LogP contribution >= 0.6 is 11.5 Å². The third kappa shape index (κ3) is 2.90. The van der Waals surface area contributed by atoms with E-state index in [1.807, 2.05) is 0 Å². The molecular weight excluding hydrogens is 267 g/mol. The molecule has 0 fully saturated rings. The average Bonchev–Trinajstić information content (AvgIpc) is 2.78. The number of ether oxygens (including phenoxy) is 1. The first-order valence-electron chi connectivity index (χ1n) is 5.68. The highest BCUT2D eigenvalue weighted by Crippen LogP contribution is 2.25. The highest BCUT2D eigenvalue weighted by atomic mass is 32.1. The minimum atomic E-state index is -0.501. The van der Waals surface area contributed by atoms with Gasteiger partial charge in [-0.2, -0.15) is 4.37 Å². The molecule has 1 aromatic heterocycles. The molecule has 6 heteroatoms. The zero-order valence-electron chi connectivity index (χ0n) is 10.6. The normalized spacial score (nSPS) is 10.3. The smallest absolute Gasteiger partial charge is 0.343 e. The Labute approximate surface area is 114 Å². The first-order chi connectivity index (χ1) is 9.13. The summed E-state index contributed by atoms with van der Waals surface area (Å²) in [6.45, 7) is 1.64. The zero-order valence-corrected chi connectivity index (χ0v) is 11.4. The molecule has 1 N–H and O–H groups in total. The Morgan fingerprint density at radius 3 is 2.89 bits per heavy atom. The number of nitrogens with one attached hydrogen (secondary N) is 1. The summed E-state index contributed by atoms with van der Waals surface area (Å²) in [5.74, 6) is -0.886. The van der Waals surface area contributed by atoms with Crippen LogP contribution in [0.15, 0.2) is 24.3 Å². The number of rotatable bonds is 4. The number of esters is 1. The van der Waals surface area contributed by atoms with Crippen molar-refractivity contribution in [3.8, 4) is 0 Å². The van der Waals surface area contributed by atoms with Crippen molar-refractivity contribution in [3.63, 3.8) is 0 Å². The molecule has 0 radical (unpaired) electrons. The number of carbonyl (C=O) groups is 1. The lowest BCUT2D eigenvalue weighted by atomic mass is 10.2. The molecule has 2 rings (SSSR count). The largest absolute Gasteiger partial charge is 0.457 e. The van der Waals surface area contributed by atoms with E-state index in [0.717, 1.165) is 0 Å². The molecule has 0 spiro atoms. The van der Waals surface area contributed by atoms with Gasteiger partial charge in [-0.1, -0.05) is 18.2 Å². The first kappa shape index (κ1) is 13.5. The van der Waals surface area contributed by atoms with Gasteiger partial charge >= 0.3 is 5.97 Å². The Morgan fingerprint density at radius 1 is 1.47 bits per heavy atom. The van der Waals surface area contributed by atoms with Gasteiger partial charge in [-0.15, -0.1) is 0 Å². The Balaban J connectivity index is 2.10. The predicted octanol–water partition coefficient (Wildman–Crippen LogP) is 2.99. The molecule has 1 heterocycles. The Kier molecular flexibility index (Phi) is 4.11. The van der Waals surface area contributed by atoms with Crippen LogP contribution in [0.5, 0.6) is 0 Å². The number of anilines is 1. The van der Waals surface area contributed by atoms with E-state index >= 15 is 0 Å². The molecule has 0 aliphatic carbocycles. The van der Waals surface area contributed by atoms with Gasteiger partial charge in [-0.3, -0.25) is 0 Å². The number of hydrogen-bond acceptors (Lipinski definition) is 5. The number of carbonyl (C=O) groups excluding carboxylic acids is 1. The second-order valence-electron chi connectivity index (χ2n) is 3.89. The van der Waals surface area contributed by atoms with Gasteiger partial charge in [-0.05, 0) is 24.5 Å². The van der Waals surface area contributed by atoms with Crippen molar-refractivity contribution in [2.45, 2.75) is 13.5 Å². The van der Waals surface area contributed by atoms with Crippen molar-refractivity contribution in [2.75, 3.05) is 12.4 Å². The lowest BCUT2D eigenvalue weighted by Crippen LogP contribution is -2.08. The van der Waals surface area contributed by atoms with Crippen molar-refractivity contribution >= 4 is 22.5 Å². The van der Waals surface area contributed by atoms with Crippen molar-refractivity contribution in [3.05, 3.63) is 46.9 Å². The number of aromatic nitrogens is 1. The summed E-state index contributed by atoms with van der Waals surface area (Å²) in [5, 5.41) is 3.54. The fraction of sp³-hybridized carbons (Fsp3) is 0.231. The van der Waals surface area contributed by atoms with E-state index in [2.05, 4.69) is 9.69 Å². The van der Waals surface area contributed by atoms with Crippen LogP contribution in [0.2, 0.25) is 0 Å². The van der Waals surface area contributed by atoms with Gasteiger partial charge in [0.15, 0.2) is 0 Å². The molecule has 19 heavy (non-hydrogen) atoms. The maximum Gasteiger partial charge on any atom is 0.343 e. The average molecular weight is 280 g/mol. The molecule has 1 aromatic carbocycles. The second kappa shape index (κ2) is 5.79. The fourth-order valence-electron chi connectivity index (χ4n) is 1.61. The molecule has 0 bridgehead atoms. The highest BCUT2D eigenvalue weighted by Gasteiger charge is 2.19. The number of nitrogens with zero attached hydrogens (tertiary/aromatic N) is 1. The maximum atomic E-state index is 13.4. The van der Waals surface area contributed by atoms with Gasteiger partial charge < -0.3 is 10.1 Å². The molecule has 100 valence electrons. The standard InChI is InChI=1S/C13H13FN2O2S/c1-8-11(12(15-2)19-16-8)13(17)18-7-9-5-3-4-6-10(9)14/h3-6,15H,7H2,1-2H3. The summed E-state index contributed by atoms with van der Waals surface area (Å²) in [5.41, 5.74) is 1.36. The third-order valence-corrected chi connectivity index (χ3v) is 3.57. The number of aryl methyl sites for hydroxylation is 1. The number of hydrogen-bond donors (Lipinski definition) is 1. The topological polar surface area (TPSA) is 51.2 Å². The SMILES string of the molecule is CNc1snc(C)c1C(=O)OCc1ccccc1F. The summed E-state index contributed by atoms with van der Waals surface area (Å²) in [6, 6.07) is 6.20. The van der Waals surface area contributed by atoms with Crippen molar-refractivity contribution in [2.24, 2.45) is 0 Å². The first-order valence-corrected chi connectivity index (χ1v) is 6.45. The van der Waals surface area contributed by atoms with Crippen LogP contribution in [0.25, 0.3) is 0 Å². The van der Waals surface area contributed by atoms with Crippen LogP contribution in [-0.2, 0) is 11.3 Å². The Morgan fingerprint density at radius 2 is 2.21 bits per heavy atom. The molecular formula is C13H13FN2O2S. The molecule has 0 aliphatic heterocycles. The summed E-state index contributed by atoms with van der Waals surface area (Å²) in [6.07, 6.45) is 0. The van der Waals surface area contributed by atoms with Crippen LogP contribution in [0.4, 0.5) is 9.39 Å². The minimum absolute atomic E-state index is 0.0933. The molecule has 0 amide bonds. The summed E-state index contributed by atoms with van der Waals surface area (Å²) >= 11 is 1.19. The minimum Gasteiger partial charge on any atom is -0.457 e.